The van der Waals surface area contributed by atoms with Crippen molar-refractivity contribution in [2.75, 3.05) is 6.54 Å². The number of hydrogen-bond acceptors (Lipinski definition) is 3. The molecule has 0 aromatic heterocycles. The van der Waals surface area contributed by atoms with Crippen LogP contribution in [0.2, 0.25) is 0 Å². The monoisotopic (exact) mass is 294 g/mol. The molecule has 3 N–H and O–H groups in total. The third-order valence-electron chi connectivity index (χ3n) is 4.54. The highest BCUT2D eigenvalue weighted by molar-refractivity contribution is 5.87. The van der Waals surface area contributed by atoms with Crippen LogP contribution < -0.4 is 10.6 Å². The topological polar surface area (TPSA) is 78.4 Å². The van der Waals surface area contributed by atoms with Crippen LogP contribution in [-0.2, 0) is 9.59 Å². The van der Waals surface area contributed by atoms with Crippen molar-refractivity contribution in [1.29, 1.82) is 0 Å². The van der Waals surface area contributed by atoms with Crippen LogP contribution in [0.25, 0.3) is 0 Å². The fourth-order valence-electron chi connectivity index (χ4n) is 3.24. The lowest BCUT2D eigenvalue weighted by Gasteiger charge is -2.34. The first-order valence-corrected chi connectivity index (χ1v) is 8.07. The Morgan fingerprint density at radius 2 is 2.33 bits per heavy atom. The lowest BCUT2D eigenvalue weighted by molar-refractivity contribution is -0.142. The van der Waals surface area contributed by atoms with Gasteiger partial charge >= 0.3 is 5.97 Å². The molecule has 1 fully saturated rings. The Morgan fingerprint density at radius 1 is 1.52 bits per heavy atom. The van der Waals surface area contributed by atoms with Gasteiger partial charge in [0.25, 0.3) is 0 Å². The number of carbonyl (C=O) groups is 2. The van der Waals surface area contributed by atoms with Gasteiger partial charge in [-0.3, -0.25) is 4.79 Å². The second-order valence-electron chi connectivity index (χ2n) is 6.12. The summed E-state index contributed by atoms with van der Waals surface area (Å²) in [5, 5.41) is 15.1. The van der Waals surface area contributed by atoms with Crippen molar-refractivity contribution in [1.82, 2.24) is 10.6 Å². The van der Waals surface area contributed by atoms with Gasteiger partial charge in [0.2, 0.25) is 5.91 Å². The highest BCUT2D eigenvalue weighted by atomic mass is 16.4. The number of piperidine rings is 1. The summed E-state index contributed by atoms with van der Waals surface area (Å²) in [6.07, 6.45) is 8.80. The number of nitrogens with one attached hydrogen (secondary N) is 2. The second-order valence-corrected chi connectivity index (χ2v) is 6.12. The summed E-state index contributed by atoms with van der Waals surface area (Å²) in [7, 11) is 0. The van der Waals surface area contributed by atoms with Crippen LogP contribution in [0.1, 0.15) is 51.9 Å². The third kappa shape index (κ3) is 4.30. The standard InChI is InChI=1S/C16H26N2O3/c1-2-3-8-13(16(20)21)18-15(19)14-9-11-6-4-5-7-12(11)10-17-14/h7,11,13-14,17H,2-6,8-10H2,1H3,(H,18,19)(H,20,21)/t11?,13-,14?/m0/s1. The Morgan fingerprint density at radius 3 is 3.05 bits per heavy atom. The Bertz CT molecular complexity index is 420. The number of fused-ring (bicyclic) bond motifs is 1. The average molecular weight is 294 g/mol. The quantitative estimate of drug-likeness (QED) is 0.653. The molecule has 118 valence electrons. The maximum absolute atomic E-state index is 12.3. The molecule has 0 aromatic carbocycles. The van der Waals surface area contributed by atoms with E-state index < -0.39 is 12.0 Å². The van der Waals surface area contributed by atoms with Crippen molar-refractivity contribution in [3.63, 3.8) is 0 Å². The Kier molecular flexibility index (Phi) is 5.79. The van der Waals surface area contributed by atoms with E-state index >= 15 is 0 Å². The molecule has 1 aliphatic carbocycles. The Balaban J connectivity index is 1.89. The average Bonchev–Trinajstić information content (AvgIpc) is 2.50. The van der Waals surface area contributed by atoms with Crippen LogP contribution in [0.15, 0.2) is 11.6 Å². The summed E-state index contributed by atoms with van der Waals surface area (Å²) in [4.78, 5) is 23.5. The fourth-order valence-corrected chi connectivity index (χ4v) is 3.24. The molecule has 5 heteroatoms. The van der Waals surface area contributed by atoms with Gasteiger partial charge in [-0.1, -0.05) is 31.4 Å². The molecule has 2 unspecified atom stereocenters. The maximum Gasteiger partial charge on any atom is 0.326 e. The number of allylic oxidation sites excluding steroid dienone is 1. The summed E-state index contributed by atoms with van der Waals surface area (Å²) < 4.78 is 0. The number of aliphatic carboxylic acids is 1. The molecule has 2 aliphatic rings. The van der Waals surface area contributed by atoms with Gasteiger partial charge in [0.15, 0.2) is 0 Å². The minimum Gasteiger partial charge on any atom is -0.480 e. The van der Waals surface area contributed by atoms with E-state index in [0.717, 1.165) is 38.6 Å². The van der Waals surface area contributed by atoms with Crippen LogP contribution in [-0.4, -0.2) is 35.6 Å². The first-order valence-electron chi connectivity index (χ1n) is 8.07. The molecule has 0 radical (unpaired) electrons. The lowest BCUT2D eigenvalue weighted by Crippen LogP contribution is -2.53. The predicted molar refractivity (Wildman–Crippen MR) is 80.9 cm³/mol. The molecule has 5 nitrogen and oxygen atoms in total. The van der Waals surface area contributed by atoms with Gasteiger partial charge < -0.3 is 15.7 Å². The van der Waals surface area contributed by atoms with E-state index in [1.54, 1.807) is 0 Å². The molecule has 0 saturated carbocycles. The van der Waals surface area contributed by atoms with Gasteiger partial charge in [-0.25, -0.2) is 4.79 Å². The van der Waals surface area contributed by atoms with Crippen LogP contribution in [0, 0.1) is 5.92 Å². The number of hydrogen-bond donors (Lipinski definition) is 3. The molecule has 3 atom stereocenters. The first-order chi connectivity index (χ1) is 10.1. The zero-order valence-electron chi connectivity index (χ0n) is 12.7. The minimum atomic E-state index is -0.939. The molecular weight excluding hydrogens is 268 g/mol. The molecule has 0 spiro atoms. The predicted octanol–water partition coefficient (Wildman–Crippen LogP) is 1.83. The van der Waals surface area contributed by atoms with Crippen molar-refractivity contribution >= 4 is 11.9 Å². The van der Waals surface area contributed by atoms with Crippen molar-refractivity contribution < 1.29 is 14.7 Å². The number of carbonyl (C=O) groups excluding carboxylic acids is 1. The number of amides is 1. The van der Waals surface area contributed by atoms with Gasteiger partial charge in [-0.15, -0.1) is 0 Å². The van der Waals surface area contributed by atoms with Crippen molar-refractivity contribution in [2.24, 2.45) is 5.92 Å². The van der Waals surface area contributed by atoms with Gasteiger partial charge in [0.05, 0.1) is 6.04 Å². The van der Waals surface area contributed by atoms with Crippen LogP contribution in [0.3, 0.4) is 0 Å². The van der Waals surface area contributed by atoms with Gasteiger partial charge in [0, 0.05) is 6.54 Å². The van der Waals surface area contributed by atoms with Crippen molar-refractivity contribution in [3.8, 4) is 0 Å². The SMILES string of the molecule is CCCC[C@H](NC(=O)C1CC2CCCC=C2CN1)C(=O)O. The highest BCUT2D eigenvalue weighted by Gasteiger charge is 2.32. The fraction of sp³-hybridized carbons (Fsp3) is 0.750. The van der Waals surface area contributed by atoms with E-state index in [1.165, 1.54) is 12.0 Å². The summed E-state index contributed by atoms with van der Waals surface area (Å²) in [5.74, 6) is -0.608. The number of carboxylic acids is 1. The number of carboxylic acid groups (broad SMARTS) is 1. The highest BCUT2D eigenvalue weighted by Crippen LogP contribution is 2.31. The van der Waals surface area contributed by atoms with Gasteiger partial charge in [0.1, 0.15) is 6.04 Å². The van der Waals surface area contributed by atoms with E-state index in [9.17, 15) is 14.7 Å². The smallest absolute Gasteiger partial charge is 0.326 e. The number of rotatable bonds is 6. The minimum absolute atomic E-state index is 0.164. The normalized spacial score (nSPS) is 26.4. The number of unbranched alkanes of at least 4 members (excludes halogenated alkanes) is 1. The summed E-state index contributed by atoms with van der Waals surface area (Å²) in [6.45, 7) is 2.77. The molecule has 1 amide bonds. The third-order valence-corrected chi connectivity index (χ3v) is 4.54. The van der Waals surface area contributed by atoms with Gasteiger partial charge in [-0.2, -0.15) is 0 Å². The molecule has 0 aromatic rings. The van der Waals surface area contributed by atoms with E-state index in [1.807, 2.05) is 6.92 Å². The maximum atomic E-state index is 12.3. The molecule has 1 heterocycles. The second kappa shape index (κ2) is 7.59. The summed E-state index contributed by atoms with van der Waals surface area (Å²) in [5.41, 5.74) is 1.42. The first kappa shape index (κ1) is 16.0. The molecule has 2 rings (SSSR count). The van der Waals surface area contributed by atoms with Crippen LogP contribution in [0.4, 0.5) is 0 Å². The zero-order valence-corrected chi connectivity index (χ0v) is 12.7. The van der Waals surface area contributed by atoms with E-state index in [0.29, 0.717) is 12.3 Å². The summed E-state index contributed by atoms with van der Waals surface area (Å²) in [6, 6.07) is -1.02. The van der Waals surface area contributed by atoms with E-state index in [2.05, 4.69) is 16.7 Å². The Labute approximate surface area is 126 Å². The van der Waals surface area contributed by atoms with Crippen LogP contribution in [0.5, 0.6) is 0 Å². The zero-order chi connectivity index (χ0) is 15.2. The van der Waals surface area contributed by atoms with Crippen molar-refractivity contribution in [2.45, 2.75) is 64.0 Å². The largest absolute Gasteiger partial charge is 0.480 e. The van der Waals surface area contributed by atoms with Crippen LogP contribution >= 0.6 is 0 Å². The van der Waals surface area contributed by atoms with E-state index in [4.69, 9.17) is 0 Å². The molecule has 21 heavy (non-hydrogen) atoms. The molecule has 1 aliphatic heterocycles. The molecular formula is C16H26N2O3. The van der Waals surface area contributed by atoms with Crippen molar-refractivity contribution in [3.05, 3.63) is 11.6 Å². The van der Waals surface area contributed by atoms with E-state index in [-0.39, 0.29) is 11.9 Å². The molecule has 1 saturated heterocycles. The Hall–Kier alpha value is -1.36. The van der Waals surface area contributed by atoms with Gasteiger partial charge in [-0.05, 0) is 38.0 Å². The molecule has 0 bridgehead atoms. The summed E-state index contributed by atoms with van der Waals surface area (Å²) >= 11 is 0. The lowest BCUT2D eigenvalue weighted by atomic mass is 9.80.